The van der Waals surface area contributed by atoms with Crippen LogP contribution in [0.2, 0.25) is 5.02 Å². The van der Waals surface area contributed by atoms with E-state index in [0.717, 1.165) is 34.1 Å². The van der Waals surface area contributed by atoms with E-state index in [4.69, 9.17) is 21.1 Å². The molecule has 4 rings (SSSR count). The molecule has 21 heavy (non-hydrogen) atoms. The lowest BCUT2D eigenvalue weighted by Crippen LogP contribution is -2.15. The van der Waals surface area contributed by atoms with Crippen molar-refractivity contribution in [3.63, 3.8) is 0 Å². The van der Waals surface area contributed by atoms with Gasteiger partial charge in [-0.1, -0.05) is 23.7 Å². The van der Waals surface area contributed by atoms with Crippen molar-refractivity contribution in [2.24, 2.45) is 0 Å². The van der Waals surface area contributed by atoms with Gasteiger partial charge < -0.3 is 14.0 Å². The second kappa shape index (κ2) is 4.97. The number of fused-ring (bicyclic) bond motifs is 2. The highest BCUT2D eigenvalue weighted by Crippen LogP contribution is 2.34. The van der Waals surface area contributed by atoms with E-state index >= 15 is 0 Å². The van der Waals surface area contributed by atoms with Crippen molar-refractivity contribution in [2.75, 3.05) is 13.2 Å². The minimum absolute atomic E-state index is 0.587. The molecule has 3 aromatic rings. The molecular weight excluding hydrogens is 288 g/mol. The Bertz CT molecular complexity index is 796. The van der Waals surface area contributed by atoms with Crippen LogP contribution in [0.15, 0.2) is 42.7 Å². The number of imidazole rings is 1. The monoisotopic (exact) mass is 300 g/mol. The molecule has 0 saturated heterocycles. The van der Waals surface area contributed by atoms with Crippen LogP contribution in [0, 0.1) is 0 Å². The second-order valence-electron chi connectivity index (χ2n) is 4.98. The number of hydrogen-bond donors (Lipinski definition) is 0. The summed E-state index contributed by atoms with van der Waals surface area (Å²) < 4.78 is 13.3. The molecule has 1 aliphatic heterocycles. The molecule has 2 heterocycles. The first-order valence-electron chi connectivity index (χ1n) is 6.78. The van der Waals surface area contributed by atoms with Crippen LogP contribution in [0.3, 0.4) is 0 Å². The van der Waals surface area contributed by atoms with Gasteiger partial charge in [0.05, 0.1) is 17.4 Å². The Labute approximate surface area is 126 Å². The number of rotatable bonds is 2. The van der Waals surface area contributed by atoms with E-state index in [9.17, 15) is 0 Å². The zero-order valence-electron chi connectivity index (χ0n) is 11.3. The highest BCUT2D eigenvalue weighted by molar-refractivity contribution is 6.30. The maximum absolute atomic E-state index is 5.92. The van der Waals surface area contributed by atoms with E-state index in [0.29, 0.717) is 13.2 Å². The topological polar surface area (TPSA) is 36.3 Å². The molecule has 0 fully saturated rings. The quantitative estimate of drug-likeness (QED) is 0.726. The molecule has 106 valence electrons. The third-order valence-corrected chi connectivity index (χ3v) is 3.80. The lowest BCUT2D eigenvalue weighted by Gasteiger charge is -2.18. The van der Waals surface area contributed by atoms with Gasteiger partial charge in [0.25, 0.3) is 0 Å². The van der Waals surface area contributed by atoms with Gasteiger partial charge >= 0.3 is 0 Å². The first-order valence-corrected chi connectivity index (χ1v) is 7.16. The average Bonchev–Trinajstić information content (AvgIpc) is 2.89. The van der Waals surface area contributed by atoms with Crippen molar-refractivity contribution in [3.8, 4) is 11.5 Å². The summed E-state index contributed by atoms with van der Waals surface area (Å²) in [5.74, 6) is 1.55. The van der Waals surface area contributed by atoms with Crippen molar-refractivity contribution >= 4 is 22.6 Å². The largest absolute Gasteiger partial charge is 0.486 e. The van der Waals surface area contributed by atoms with Gasteiger partial charge in [0.15, 0.2) is 11.5 Å². The number of benzene rings is 2. The van der Waals surface area contributed by atoms with E-state index < -0.39 is 0 Å². The van der Waals surface area contributed by atoms with Crippen molar-refractivity contribution < 1.29 is 9.47 Å². The Kier molecular flexibility index (Phi) is 2.97. The number of aromatic nitrogens is 2. The van der Waals surface area contributed by atoms with Crippen molar-refractivity contribution in [1.29, 1.82) is 0 Å². The smallest absolute Gasteiger partial charge is 0.163 e. The van der Waals surface area contributed by atoms with Crippen LogP contribution in [0.5, 0.6) is 11.5 Å². The average molecular weight is 301 g/mol. The van der Waals surface area contributed by atoms with E-state index in [1.807, 2.05) is 42.7 Å². The summed E-state index contributed by atoms with van der Waals surface area (Å²) in [5.41, 5.74) is 3.12. The van der Waals surface area contributed by atoms with Gasteiger partial charge in [-0.05, 0) is 17.7 Å². The number of hydrogen-bond acceptors (Lipinski definition) is 3. The van der Waals surface area contributed by atoms with Crippen molar-refractivity contribution in [1.82, 2.24) is 9.55 Å². The van der Waals surface area contributed by atoms with E-state index in [1.165, 1.54) is 5.56 Å². The lowest BCUT2D eigenvalue weighted by molar-refractivity contribution is 0.172. The molecule has 0 N–H and O–H groups in total. The van der Waals surface area contributed by atoms with Crippen LogP contribution in [0.4, 0.5) is 0 Å². The van der Waals surface area contributed by atoms with Crippen molar-refractivity contribution in [3.05, 3.63) is 53.3 Å². The summed E-state index contributed by atoms with van der Waals surface area (Å²) in [5, 5.41) is 0.744. The lowest BCUT2D eigenvalue weighted by atomic mass is 10.2. The van der Waals surface area contributed by atoms with Crippen LogP contribution in [-0.4, -0.2) is 22.8 Å². The molecule has 0 bridgehead atoms. The molecular formula is C16H13ClN2O2. The van der Waals surface area contributed by atoms with Gasteiger partial charge in [0, 0.05) is 23.7 Å². The minimum atomic E-state index is 0.587. The molecule has 2 aromatic carbocycles. The Balaban J connectivity index is 1.73. The zero-order valence-corrected chi connectivity index (χ0v) is 12.0. The first kappa shape index (κ1) is 12.5. The van der Waals surface area contributed by atoms with Crippen LogP contribution < -0.4 is 9.47 Å². The fourth-order valence-electron chi connectivity index (χ4n) is 2.51. The molecule has 0 saturated carbocycles. The Hall–Kier alpha value is -2.20. The highest BCUT2D eigenvalue weighted by Gasteiger charge is 2.15. The van der Waals surface area contributed by atoms with E-state index in [2.05, 4.69) is 9.55 Å². The standard InChI is InChI=1S/C16H13ClN2O2/c17-12-3-1-11(2-4-12)9-19-10-18-13-7-15-16(8-14(13)19)21-6-5-20-15/h1-4,7-8,10H,5-6,9H2. The van der Waals surface area contributed by atoms with Crippen LogP contribution in [-0.2, 0) is 6.54 Å². The molecule has 0 amide bonds. The van der Waals surface area contributed by atoms with Gasteiger partial charge in [-0.3, -0.25) is 0 Å². The molecule has 0 aliphatic carbocycles. The van der Waals surface area contributed by atoms with Crippen LogP contribution in [0.1, 0.15) is 5.56 Å². The SMILES string of the molecule is Clc1ccc(Cn2cnc3cc4c(cc32)OCCO4)cc1. The first-order chi connectivity index (χ1) is 10.3. The van der Waals surface area contributed by atoms with Gasteiger partial charge in [0.1, 0.15) is 13.2 Å². The maximum atomic E-state index is 5.92. The van der Waals surface area contributed by atoms with E-state index in [-0.39, 0.29) is 0 Å². The second-order valence-corrected chi connectivity index (χ2v) is 5.42. The van der Waals surface area contributed by atoms with Crippen molar-refractivity contribution in [2.45, 2.75) is 6.54 Å². The molecule has 1 aromatic heterocycles. The summed E-state index contributed by atoms with van der Waals surface area (Å²) >= 11 is 5.92. The Morgan fingerprint density at radius 1 is 1.05 bits per heavy atom. The molecule has 4 nitrogen and oxygen atoms in total. The molecule has 0 unspecified atom stereocenters. The molecule has 0 radical (unpaired) electrons. The third-order valence-electron chi connectivity index (χ3n) is 3.55. The molecule has 0 atom stereocenters. The number of nitrogens with zero attached hydrogens (tertiary/aromatic N) is 2. The normalized spacial score (nSPS) is 13.6. The zero-order chi connectivity index (χ0) is 14.2. The summed E-state index contributed by atoms with van der Waals surface area (Å²) in [6.07, 6.45) is 1.84. The summed E-state index contributed by atoms with van der Waals surface area (Å²) in [4.78, 5) is 4.44. The number of halogens is 1. The highest BCUT2D eigenvalue weighted by atomic mass is 35.5. The van der Waals surface area contributed by atoms with Crippen LogP contribution in [0.25, 0.3) is 11.0 Å². The molecule has 5 heteroatoms. The minimum Gasteiger partial charge on any atom is -0.486 e. The van der Waals surface area contributed by atoms with Crippen LogP contribution >= 0.6 is 11.6 Å². The maximum Gasteiger partial charge on any atom is 0.163 e. The van der Waals surface area contributed by atoms with Gasteiger partial charge in [-0.2, -0.15) is 0 Å². The van der Waals surface area contributed by atoms with E-state index in [1.54, 1.807) is 0 Å². The number of ether oxygens (including phenoxy) is 2. The van der Waals surface area contributed by atoms with Gasteiger partial charge in [-0.25, -0.2) is 4.98 Å². The molecule has 1 aliphatic rings. The fourth-order valence-corrected chi connectivity index (χ4v) is 2.63. The fraction of sp³-hybridized carbons (Fsp3) is 0.188. The summed E-state index contributed by atoms with van der Waals surface area (Å²) in [6.45, 7) is 1.92. The van der Waals surface area contributed by atoms with Gasteiger partial charge in [-0.15, -0.1) is 0 Å². The Morgan fingerprint density at radius 3 is 2.52 bits per heavy atom. The predicted molar refractivity (Wildman–Crippen MR) is 81.3 cm³/mol. The third kappa shape index (κ3) is 2.32. The van der Waals surface area contributed by atoms with Gasteiger partial charge in [0.2, 0.25) is 0 Å². The predicted octanol–water partition coefficient (Wildman–Crippen LogP) is 3.51. The summed E-state index contributed by atoms with van der Waals surface area (Å²) in [6, 6.07) is 11.8. The Morgan fingerprint density at radius 2 is 1.76 bits per heavy atom. The molecule has 0 spiro atoms. The summed E-state index contributed by atoms with van der Waals surface area (Å²) in [7, 11) is 0.